The number of hydrogen-bond acceptors (Lipinski definition) is 8. The molecule has 0 bridgehead atoms. The van der Waals surface area contributed by atoms with Crippen molar-refractivity contribution < 1.29 is 20.1 Å². The van der Waals surface area contributed by atoms with Crippen molar-refractivity contribution in [2.24, 2.45) is 0 Å². The molecule has 2 aromatic rings. The molecule has 2 aromatic heterocycles. The van der Waals surface area contributed by atoms with Gasteiger partial charge < -0.3 is 30.4 Å². The number of aromatic nitrogens is 4. The van der Waals surface area contributed by atoms with Crippen molar-refractivity contribution in [2.45, 2.75) is 31.0 Å². The molecule has 0 amide bonds. The summed E-state index contributed by atoms with van der Waals surface area (Å²) in [4.78, 5) is 12.0. The second kappa shape index (κ2) is 4.94. The molecule has 5 N–H and O–H groups in total. The molecule has 9 heteroatoms. The first-order valence-corrected chi connectivity index (χ1v) is 6.15. The average molecular weight is 281 g/mol. The van der Waals surface area contributed by atoms with Gasteiger partial charge in [-0.3, -0.25) is 0 Å². The lowest BCUT2D eigenvalue weighted by atomic mass is 10.1. The SMILES string of the molecule is Nc1ncnc2c1ncn2C[C@H]1O[C@H](CO)[C@@H](O)[C@@H]1O. The summed E-state index contributed by atoms with van der Waals surface area (Å²) in [7, 11) is 0. The number of nitrogen functional groups attached to an aromatic ring is 1. The number of fused-ring (bicyclic) bond motifs is 1. The highest BCUT2D eigenvalue weighted by Gasteiger charge is 2.42. The van der Waals surface area contributed by atoms with E-state index in [1.807, 2.05) is 0 Å². The van der Waals surface area contributed by atoms with Gasteiger partial charge in [-0.1, -0.05) is 0 Å². The first-order chi connectivity index (χ1) is 9.61. The normalized spacial score (nSPS) is 30.1. The summed E-state index contributed by atoms with van der Waals surface area (Å²) in [6, 6.07) is 0. The summed E-state index contributed by atoms with van der Waals surface area (Å²) in [6.07, 6.45) is -0.791. The van der Waals surface area contributed by atoms with Gasteiger partial charge in [-0.05, 0) is 0 Å². The molecule has 3 heterocycles. The number of imidazole rings is 1. The maximum Gasteiger partial charge on any atom is 0.165 e. The lowest BCUT2D eigenvalue weighted by molar-refractivity contribution is -0.0262. The van der Waals surface area contributed by atoms with Crippen LogP contribution in [0.2, 0.25) is 0 Å². The third kappa shape index (κ3) is 2.00. The van der Waals surface area contributed by atoms with Crippen molar-refractivity contribution in [3.8, 4) is 0 Å². The number of hydrogen-bond donors (Lipinski definition) is 4. The molecule has 1 aliphatic rings. The summed E-state index contributed by atoms with van der Waals surface area (Å²) >= 11 is 0. The third-order valence-corrected chi connectivity index (χ3v) is 3.45. The largest absolute Gasteiger partial charge is 0.394 e. The number of nitrogens with zero attached hydrogens (tertiary/aromatic N) is 4. The van der Waals surface area contributed by atoms with Crippen LogP contribution >= 0.6 is 0 Å². The summed E-state index contributed by atoms with van der Waals surface area (Å²) < 4.78 is 7.07. The predicted octanol–water partition coefficient (Wildman–Crippen LogP) is -2.11. The molecule has 108 valence electrons. The van der Waals surface area contributed by atoms with Crippen LogP contribution in [0.5, 0.6) is 0 Å². The van der Waals surface area contributed by atoms with Crippen molar-refractivity contribution in [1.82, 2.24) is 19.5 Å². The monoisotopic (exact) mass is 281 g/mol. The Hall–Kier alpha value is -1.81. The van der Waals surface area contributed by atoms with Crippen molar-refractivity contribution >= 4 is 17.0 Å². The highest BCUT2D eigenvalue weighted by Crippen LogP contribution is 2.24. The zero-order valence-corrected chi connectivity index (χ0v) is 10.5. The van der Waals surface area contributed by atoms with E-state index in [9.17, 15) is 10.2 Å². The molecule has 0 radical (unpaired) electrons. The van der Waals surface area contributed by atoms with E-state index in [2.05, 4.69) is 15.0 Å². The van der Waals surface area contributed by atoms with Crippen LogP contribution in [0.1, 0.15) is 0 Å². The molecule has 1 saturated heterocycles. The molecule has 4 atom stereocenters. The van der Waals surface area contributed by atoms with Gasteiger partial charge in [-0.15, -0.1) is 0 Å². The predicted molar refractivity (Wildman–Crippen MR) is 67.5 cm³/mol. The minimum atomic E-state index is -1.11. The van der Waals surface area contributed by atoms with E-state index in [4.69, 9.17) is 15.6 Å². The van der Waals surface area contributed by atoms with Gasteiger partial charge in [-0.25, -0.2) is 15.0 Å². The molecule has 3 rings (SSSR count). The summed E-state index contributed by atoms with van der Waals surface area (Å²) in [5, 5.41) is 28.7. The van der Waals surface area contributed by atoms with E-state index in [1.165, 1.54) is 12.7 Å². The Kier molecular flexibility index (Phi) is 3.26. The van der Waals surface area contributed by atoms with Gasteiger partial charge in [0.2, 0.25) is 0 Å². The van der Waals surface area contributed by atoms with Crippen LogP contribution in [0.4, 0.5) is 5.82 Å². The van der Waals surface area contributed by atoms with Crippen LogP contribution < -0.4 is 5.73 Å². The Balaban J connectivity index is 1.85. The summed E-state index contributed by atoms with van der Waals surface area (Å²) in [5.74, 6) is 0.273. The van der Waals surface area contributed by atoms with Gasteiger partial charge in [0.05, 0.1) is 19.5 Å². The van der Waals surface area contributed by atoms with E-state index < -0.39 is 24.4 Å². The first-order valence-electron chi connectivity index (χ1n) is 6.15. The van der Waals surface area contributed by atoms with Crippen LogP contribution in [0.25, 0.3) is 11.2 Å². The topological polar surface area (TPSA) is 140 Å². The van der Waals surface area contributed by atoms with Crippen LogP contribution in [0.3, 0.4) is 0 Å². The summed E-state index contributed by atoms with van der Waals surface area (Å²) in [6.45, 7) is -0.115. The van der Waals surface area contributed by atoms with Crippen LogP contribution in [0.15, 0.2) is 12.7 Å². The molecular weight excluding hydrogens is 266 g/mol. The molecule has 0 aromatic carbocycles. The van der Waals surface area contributed by atoms with Crippen LogP contribution in [0, 0.1) is 0 Å². The van der Waals surface area contributed by atoms with Gasteiger partial charge in [0.25, 0.3) is 0 Å². The Morgan fingerprint density at radius 3 is 2.65 bits per heavy atom. The quantitative estimate of drug-likeness (QED) is 0.501. The molecular formula is C11H15N5O4. The van der Waals surface area contributed by atoms with E-state index in [0.717, 1.165) is 0 Å². The fraction of sp³-hybridized carbons (Fsp3) is 0.545. The molecule has 0 aliphatic carbocycles. The van der Waals surface area contributed by atoms with E-state index >= 15 is 0 Å². The maximum atomic E-state index is 9.91. The second-order valence-corrected chi connectivity index (χ2v) is 4.70. The zero-order chi connectivity index (χ0) is 14.3. The van der Waals surface area contributed by atoms with Crippen molar-refractivity contribution in [1.29, 1.82) is 0 Å². The minimum Gasteiger partial charge on any atom is -0.394 e. The highest BCUT2D eigenvalue weighted by molar-refractivity contribution is 5.81. The Morgan fingerprint density at radius 2 is 1.95 bits per heavy atom. The molecule has 9 nitrogen and oxygen atoms in total. The molecule has 0 spiro atoms. The van der Waals surface area contributed by atoms with Crippen molar-refractivity contribution in [3.63, 3.8) is 0 Å². The fourth-order valence-electron chi connectivity index (χ4n) is 2.35. The fourth-order valence-corrected chi connectivity index (χ4v) is 2.35. The van der Waals surface area contributed by atoms with E-state index in [0.29, 0.717) is 11.2 Å². The highest BCUT2D eigenvalue weighted by atomic mass is 16.6. The zero-order valence-electron chi connectivity index (χ0n) is 10.5. The Labute approximate surface area is 113 Å². The van der Waals surface area contributed by atoms with Gasteiger partial charge in [0, 0.05) is 0 Å². The van der Waals surface area contributed by atoms with Gasteiger partial charge >= 0.3 is 0 Å². The number of anilines is 1. The summed E-state index contributed by atoms with van der Waals surface area (Å²) in [5.41, 5.74) is 6.68. The Morgan fingerprint density at radius 1 is 1.20 bits per heavy atom. The average Bonchev–Trinajstić information content (AvgIpc) is 2.97. The number of rotatable bonds is 3. The van der Waals surface area contributed by atoms with E-state index in [1.54, 1.807) is 4.57 Å². The number of nitrogens with two attached hydrogens (primary N) is 1. The van der Waals surface area contributed by atoms with Gasteiger partial charge in [0.15, 0.2) is 11.5 Å². The third-order valence-electron chi connectivity index (χ3n) is 3.45. The van der Waals surface area contributed by atoms with Gasteiger partial charge in [0.1, 0.15) is 36.3 Å². The maximum absolute atomic E-state index is 9.91. The lowest BCUT2D eigenvalue weighted by Gasteiger charge is -2.15. The molecule has 1 aliphatic heterocycles. The standard InChI is InChI=1S/C11H15N5O4/c12-10-7-11(14-3-13-10)16(4-15-7)1-5-8(18)9(19)6(2-17)20-5/h3-6,8-9,17-19H,1-2H2,(H2,12,13,14)/t5-,6-,8-,9-/m1/s1. The number of aliphatic hydroxyl groups excluding tert-OH is 3. The second-order valence-electron chi connectivity index (χ2n) is 4.70. The van der Waals surface area contributed by atoms with Crippen LogP contribution in [-0.2, 0) is 11.3 Å². The van der Waals surface area contributed by atoms with E-state index in [-0.39, 0.29) is 19.0 Å². The minimum absolute atomic E-state index is 0.238. The van der Waals surface area contributed by atoms with Crippen molar-refractivity contribution in [2.75, 3.05) is 12.3 Å². The van der Waals surface area contributed by atoms with Gasteiger partial charge in [-0.2, -0.15) is 0 Å². The molecule has 0 unspecified atom stereocenters. The molecule has 0 saturated carbocycles. The molecule has 20 heavy (non-hydrogen) atoms. The first kappa shape index (κ1) is 13.2. The number of aliphatic hydroxyl groups is 3. The van der Waals surface area contributed by atoms with Crippen LogP contribution in [-0.4, -0.2) is 65.9 Å². The smallest absolute Gasteiger partial charge is 0.165 e. The number of ether oxygens (including phenoxy) is 1. The lowest BCUT2D eigenvalue weighted by Crippen LogP contribution is -2.35. The molecule has 1 fully saturated rings. The Bertz CT molecular complexity index is 618. The van der Waals surface area contributed by atoms with Crippen molar-refractivity contribution in [3.05, 3.63) is 12.7 Å².